The zero-order chi connectivity index (χ0) is 23.2. The first kappa shape index (κ1) is 33.1. The normalized spacial score (nSPS) is 13.4. The molecule has 0 saturated carbocycles. The maximum Gasteiger partial charge on any atom is -1.00 e. The fourth-order valence-electron chi connectivity index (χ4n) is 3.60. The Bertz CT molecular complexity index is 894. The predicted molar refractivity (Wildman–Crippen MR) is 139 cm³/mol. The van der Waals surface area contributed by atoms with E-state index >= 15 is 0 Å². The summed E-state index contributed by atoms with van der Waals surface area (Å²) >= 11 is 1.45. The molecule has 4 heteroatoms. The third kappa shape index (κ3) is 12.7. The molecule has 2 aliphatic rings. The molecule has 0 spiro atoms. The first-order valence-electron chi connectivity index (χ1n) is 11.8. The van der Waals surface area contributed by atoms with Gasteiger partial charge in [0.1, 0.15) is 0 Å². The average Bonchev–Trinajstić information content (AvgIpc) is 3.46. The molecule has 180 valence electrons. The van der Waals surface area contributed by atoms with E-state index in [1.165, 1.54) is 82.1 Å². The van der Waals surface area contributed by atoms with E-state index in [-0.39, 0.29) is 30.3 Å². The Morgan fingerprint density at radius 2 is 1.00 bits per heavy atom. The zero-order valence-electron chi connectivity index (χ0n) is 20.9. The maximum atomic E-state index is 3.43. The first-order chi connectivity index (χ1) is 15.5. The van der Waals surface area contributed by atoms with E-state index in [0.29, 0.717) is 0 Å². The van der Waals surface area contributed by atoms with Gasteiger partial charge in [-0.15, -0.1) is 46.5 Å². The fraction of sp³-hybridized carbons (Fsp3) is 0.333. The Balaban J connectivity index is 0.000000528. The minimum atomic E-state index is 0. The molecule has 0 atom stereocenters. The van der Waals surface area contributed by atoms with Crippen molar-refractivity contribution in [2.75, 3.05) is 0 Å². The molecule has 2 aromatic rings. The van der Waals surface area contributed by atoms with Crippen molar-refractivity contribution >= 4 is 16.6 Å². The summed E-state index contributed by atoms with van der Waals surface area (Å²) in [5.74, 6) is 0. The third-order valence-corrected chi connectivity index (χ3v) is 5.02. The Hall–Kier alpha value is -0.933. The van der Waals surface area contributed by atoms with Crippen LogP contribution >= 0.6 is 0 Å². The van der Waals surface area contributed by atoms with Gasteiger partial charge in [-0.2, -0.15) is 35.5 Å². The summed E-state index contributed by atoms with van der Waals surface area (Å²) in [5, 5.41) is 0. The van der Waals surface area contributed by atoms with Crippen molar-refractivity contribution < 1.29 is 47.8 Å². The van der Waals surface area contributed by atoms with Gasteiger partial charge in [0.2, 0.25) is 0 Å². The molecule has 0 aromatic heterocycles. The second kappa shape index (κ2) is 19.3. The molecule has 2 aromatic carbocycles. The first-order valence-corrected chi connectivity index (χ1v) is 19.7. The fourth-order valence-corrected chi connectivity index (χ4v) is 3.60. The molecule has 0 saturated heterocycles. The van der Waals surface area contributed by atoms with Gasteiger partial charge in [-0.05, 0) is 12.8 Å². The van der Waals surface area contributed by atoms with Gasteiger partial charge in [0, 0.05) is 0 Å². The summed E-state index contributed by atoms with van der Waals surface area (Å²) in [6.07, 6.45) is 18.4. The van der Waals surface area contributed by atoms with Crippen molar-refractivity contribution in [3.8, 4) is 0 Å². The van der Waals surface area contributed by atoms with E-state index in [1.807, 2.05) is 0 Å². The van der Waals surface area contributed by atoms with E-state index in [4.69, 9.17) is 0 Å². The molecule has 34 heavy (non-hydrogen) atoms. The van der Waals surface area contributed by atoms with Crippen LogP contribution in [0.2, 0.25) is 13.1 Å². The zero-order valence-corrected chi connectivity index (χ0v) is 27.0. The van der Waals surface area contributed by atoms with Crippen LogP contribution in [0.25, 0.3) is 11.1 Å². The van der Waals surface area contributed by atoms with Gasteiger partial charge in [0.05, 0.1) is 0 Å². The van der Waals surface area contributed by atoms with Crippen molar-refractivity contribution in [3.05, 3.63) is 107 Å². The molecule has 0 aliphatic heterocycles. The molecule has 0 radical (unpaired) electrons. The van der Waals surface area contributed by atoms with Crippen molar-refractivity contribution in [2.45, 2.75) is 65.5 Å². The second-order valence-electron chi connectivity index (χ2n) is 8.37. The van der Waals surface area contributed by atoms with Crippen molar-refractivity contribution in [1.29, 1.82) is 0 Å². The molecule has 4 rings (SSSR count). The average molecular weight is 674 g/mol. The molecule has 0 fully saturated rings. The number of hydrogen-bond donors (Lipinski definition) is 0. The Labute approximate surface area is 235 Å². The Kier molecular flexibility index (Phi) is 18.7. The molecule has 0 amide bonds. The van der Waals surface area contributed by atoms with Gasteiger partial charge in [-0.1, -0.05) is 75.9 Å². The van der Waals surface area contributed by atoms with E-state index in [0.717, 1.165) is 12.8 Å². The number of benzene rings is 2. The van der Waals surface area contributed by atoms with E-state index in [1.54, 1.807) is 0 Å². The van der Waals surface area contributed by atoms with E-state index in [2.05, 4.69) is 112 Å². The SMILES string of the molecule is CCCC1=CC(c2ccccc2)=[C-]C1.CCCC1=CC(c2ccccc2)=[C-]C1.C[Si](C)=[Hf+2].[Cl-].[Cl-]. The number of allylic oxidation sites excluding steroid dienone is 8. The van der Waals surface area contributed by atoms with Crippen molar-refractivity contribution in [2.24, 2.45) is 0 Å². The summed E-state index contributed by atoms with van der Waals surface area (Å²) in [4.78, 5) is 0. The summed E-state index contributed by atoms with van der Waals surface area (Å²) in [7, 11) is 0. The van der Waals surface area contributed by atoms with Gasteiger partial charge in [-0.25, -0.2) is 0 Å². The summed E-state index contributed by atoms with van der Waals surface area (Å²) in [5.41, 5.74) is 8.42. The van der Waals surface area contributed by atoms with Crippen LogP contribution < -0.4 is 24.8 Å². The van der Waals surface area contributed by atoms with Gasteiger partial charge < -0.3 is 24.8 Å². The minimum Gasteiger partial charge on any atom is -1.00 e. The Morgan fingerprint density at radius 3 is 1.29 bits per heavy atom. The van der Waals surface area contributed by atoms with Crippen molar-refractivity contribution in [3.63, 3.8) is 0 Å². The quantitative estimate of drug-likeness (QED) is 0.327. The molecule has 0 unspecified atom stereocenters. The summed E-state index contributed by atoms with van der Waals surface area (Å²) in [6.45, 7) is 9.11. The molecular formula is C30H36Cl2HfSi-2. The Morgan fingerprint density at radius 1 is 0.676 bits per heavy atom. The van der Waals surface area contributed by atoms with Gasteiger partial charge in [0.15, 0.2) is 0 Å². The standard InChI is InChI=1S/2C14H15.C2H6Si.2ClH.Hf/c2*1-2-6-12-9-10-14(11-12)13-7-4-3-5-8-13;1-3-2;;;/h2*3-5,7-8,11H,2,6,9H2,1H3;1-2H3;2*1H;/q2*-1;;;;+2/p-2. The van der Waals surface area contributed by atoms with Gasteiger partial charge in [-0.3, -0.25) is 0 Å². The summed E-state index contributed by atoms with van der Waals surface area (Å²) < 4.78 is 0. The van der Waals surface area contributed by atoms with Crippen LogP contribution in [-0.2, 0) is 23.0 Å². The number of rotatable bonds is 6. The maximum absolute atomic E-state index is 3.43. The minimum absolute atomic E-state index is 0. The van der Waals surface area contributed by atoms with Crippen LogP contribution in [-0.4, -0.2) is 5.49 Å². The molecular weight excluding hydrogens is 638 g/mol. The van der Waals surface area contributed by atoms with Crippen LogP contribution in [0.3, 0.4) is 0 Å². The van der Waals surface area contributed by atoms with Crippen LogP contribution in [0.5, 0.6) is 0 Å². The van der Waals surface area contributed by atoms with E-state index < -0.39 is 0 Å². The number of hydrogen-bond acceptors (Lipinski definition) is 0. The topological polar surface area (TPSA) is 0 Å². The van der Waals surface area contributed by atoms with Crippen LogP contribution in [0.4, 0.5) is 0 Å². The molecule has 0 nitrogen and oxygen atoms in total. The molecule has 0 bridgehead atoms. The smallest absolute Gasteiger partial charge is 1.00 e. The van der Waals surface area contributed by atoms with Crippen LogP contribution in [0.1, 0.15) is 63.5 Å². The molecule has 0 N–H and O–H groups in total. The largest absolute Gasteiger partial charge is 1.00 e. The summed E-state index contributed by atoms with van der Waals surface area (Å²) in [6, 6.07) is 21.0. The molecule has 0 heterocycles. The van der Waals surface area contributed by atoms with Gasteiger partial charge in [0.25, 0.3) is 0 Å². The van der Waals surface area contributed by atoms with Gasteiger partial charge >= 0.3 is 41.6 Å². The van der Waals surface area contributed by atoms with Crippen LogP contribution in [0.15, 0.2) is 84.0 Å². The van der Waals surface area contributed by atoms with Crippen molar-refractivity contribution in [1.82, 2.24) is 0 Å². The molecule has 2 aliphatic carbocycles. The third-order valence-electron chi connectivity index (χ3n) is 5.02. The monoisotopic (exact) mass is 674 g/mol. The van der Waals surface area contributed by atoms with Crippen LogP contribution in [0, 0.1) is 12.2 Å². The predicted octanol–water partition coefficient (Wildman–Crippen LogP) is 2.80. The number of halogens is 2. The van der Waals surface area contributed by atoms with E-state index in [9.17, 15) is 0 Å². The second-order valence-corrected chi connectivity index (χ2v) is 21.1.